The van der Waals surface area contributed by atoms with Crippen molar-refractivity contribution < 1.29 is 18.7 Å². The summed E-state index contributed by atoms with van der Waals surface area (Å²) in [4.78, 5) is 26.4. The van der Waals surface area contributed by atoms with Gasteiger partial charge in [-0.15, -0.1) is 0 Å². The van der Waals surface area contributed by atoms with Gasteiger partial charge < -0.3 is 19.8 Å². The number of piperidine rings is 1. The molecular weight excluding hydrogens is 358 g/mol. The van der Waals surface area contributed by atoms with Crippen LogP contribution in [0.5, 0.6) is 5.75 Å². The summed E-state index contributed by atoms with van der Waals surface area (Å²) in [7, 11) is 0. The molecule has 28 heavy (non-hydrogen) atoms. The average Bonchev–Trinajstić information content (AvgIpc) is 3.27. The van der Waals surface area contributed by atoms with Crippen molar-refractivity contribution in [1.82, 2.24) is 15.5 Å². The summed E-state index contributed by atoms with van der Waals surface area (Å²) in [6.07, 6.45) is 5.21. The molecule has 0 saturated carbocycles. The predicted molar refractivity (Wildman–Crippen MR) is 105 cm³/mol. The maximum absolute atomic E-state index is 12.2. The predicted octanol–water partition coefficient (Wildman–Crippen LogP) is 2.12. The van der Waals surface area contributed by atoms with Crippen LogP contribution in [0.3, 0.4) is 0 Å². The van der Waals surface area contributed by atoms with Crippen LogP contribution in [0.2, 0.25) is 0 Å². The lowest BCUT2D eigenvalue weighted by atomic mass is 10.1. The third-order valence-electron chi connectivity index (χ3n) is 4.75. The van der Waals surface area contributed by atoms with Crippen molar-refractivity contribution in [3.05, 3.63) is 54.5 Å². The molecule has 2 amide bonds. The Hall–Kier alpha value is -2.80. The van der Waals surface area contributed by atoms with E-state index in [9.17, 15) is 9.59 Å². The van der Waals surface area contributed by atoms with Gasteiger partial charge in [-0.05, 0) is 50.2 Å². The minimum atomic E-state index is -0.336. The number of nitrogens with one attached hydrogen (secondary N) is 2. The smallest absolute Gasteiger partial charge is 0.258 e. The first kappa shape index (κ1) is 19.9. The minimum Gasteiger partial charge on any atom is -0.484 e. The van der Waals surface area contributed by atoms with E-state index in [0.717, 1.165) is 31.7 Å². The number of hydrogen-bond donors (Lipinski definition) is 2. The Labute approximate surface area is 165 Å². The third-order valence-corrected chi connectivity index (χ3v) is 4.75. The first-order valence-corrected chi connectivity index (χ1v) is 9.71. The second kappa shape index (κ2) is 10.5. The van der Waals surface area contributed by atoms with Crippen LogP contribution >= 0.6 is 0 Å². The monoisotopic (exact) mass is 385 g/mol. The van der Waals surface area contributed by atoms with Crippen LogP contribution < -0.4 is 15.4 Å². The quantitative estimate of drug-likeness (QED) is 0.691. The molecule has 1 atom stereocenters. The van der Waals surface area contributed by atoms with Gasteiger partial charge in [0, 0.05) is 6.54 Å². The Morgan fingerprint density at radius 3 is 2.50 bits per heavy atom. The van der Waals surface area contributed by atoms with Gasteiger partial charge in [0.15, 0.2) is 6.61 Å². The van der Waals surface area contributed by atoms with Gasteiger partial charge in [0.1, 0.15) is 11.5 Å². The summed E-state index contributed by atoms with van der Waals surface area (Å²) in [5, 5.41) is 5.48. The maximum atomic E-state index is 12.2. The van der Waals surface area contributed by atoms with Crippen LogP contribution in [-0.2, 0) is 9.59 Å². The molecule has 1 fully saturated rings. The number of amides is 2. The third kappa shape index (κ3) is 6.13. The summed E-state index contributed by atoms with van der Waals surface area (Å²) in [6, 6.07) is 12.9. The molecule has 1 aromatic heterocycles. The second-order valence-corrected chi connectivity index (χ2v) is 6.81. The standard InChI is InChI=1S/C21H27N3O4/c25-20(15-23-21(26)16-28-17-8-3-1-4-9-17)22-14-18(19-10-7-13-27-19)24-11-5-2-6-12-24/h1,3-4,7-10,13,18H,2,5-6,11-12,14-16H2,(H,22,25)(H,23,26)/t18-/m0/s1. The van der Waals surface area contributed by atoms with E-state index in [4.69, 9.17) is 9.15 Å². The number of rotatable bonds is 9. The van der Waals surface area contributed by atoms with Crippen LogP contribution in [0.25, 0.3) is 0 Å². The number of ether oxygens (including phenoxy) is 1. The van der Waals surface area contributed by atoms with E-state index in [-0.39, 0.29) is 31.0 Å². The van der Waals surface area contributed by atoms with Gasteiger partial charge in [-0.1, -0.05) is 24.6 Å². The topological polar surface area (TPSA) is 83.8 Å². The number of para-hydroxylation sites is 1. The molecule has 2 aromatic rings. The van der Waals surface area contributed by atoms with Crippen molar-refractivity contribution in [3.63, 3.8) is 0 Å². The lowest BCUT2D eigenvalue weighted by Gasteiger charge is -2.33. The molecule has 0 bridgehead atoms. The minimum absolute atomic E-state index is 0.0105. The Bertz CT molecular complexity index is 727. The molecule has 0 spiro atoms. The molecule has 0 aliphatic carbocycles. The van der Waals surface area contributed by atoms with Gasteiger partial charge in [-0.3, -0.25) is 14.5 Å². The zero-order valence-corrected chi connectivity index (χ0v) is 15.9. The molecule has 1 aromatic carbocycles. The van der Waals surface area contributed by atoms with Gasteiger partial charge in [0.05, 0.1) is 18.8 Å². The van der Waals surface area contributed by atoms with Crippen molar-refractivity contribution >= 4 is 11.8 Å². The molecule has 7 heteroatoms. The number of hydrogen-bond acceptors (Lipinski definition) is 5. The van der Waals surface area contributed by atoms with Crippen LogP contribution in [0.15, 0.2) is 53.1 Å². The highest BCUT2D eigenvalue weighted by Gasteiger charge is 2.24. The molecule has 150 valence electrons. The molecular formula is C21H27N3O4. The zero-order valence-electron chi connectivity index (χ0n) is 15.9. The number of nitrogens with zero attached hydrogens (tertiary/aromatic N) is 1. The van der Waals surface area contributed by atoms with Crippen molar-refractivity contribution in [2.45, 2.75) is 25.3 Å². The molecule has 2 heterocycles. The first-order valence-electron chi connectivity index (χ1n) is 9.71. The van der Waals surface area contributed by atoms with E-state index in [1.54, 1.807) is 18.4 Å². The fourth-order valence-corrected chi connectivity index (χ4v) is 3.29. The highest BCUT2D eigenvalue weighted by molar-refractivity contribution is 5.85. The summed E-state index contributed by atoms with van der Waals surface area (Å²) in [5.74, 6) is 0.895. The Morgan fingerprint density at radius 1 is 1.00 bits per heavy atom. The molecule has 0 unspecified atom stereocenters. The van der Waals surface area contributed by atoms with E-state index in [0.29, 0.717) is 12.3 Å². The van der Waals surface area contributed by atoms with Crippen molar-refractivity contribution in [2.75, 3.05) is 32.8 Å². The lowest BCUT2D eigenvalue weighted by molar-refractivity contribution is -0.127. The van der Waals surface area contributed by atoms with Crippen LogP contribution in [-0.4, -0.2) is 49.5 Å². The average molecular weight is 385 g/mol. The van der Waals surface area contributed by atoms with Crippen LogP contribution in [0.4, 0.5) is 0 Å². The van der Waals surface area contributed by atoms with Gasteiger partial charge in [-0.25, -0.2) is 0 Å². The van der Waals surface area contributed by atoms with E-state index >= 15 is 0 Å². The SMILES string of the molecule is O=C(CNC(=O)COc1ccccc1)NC[C@@H](c1ccco1)N1CCCCC1. The maximum Gasteiger partial charge on any atom is 0.258 e. The largest absolute Gasteiger partial charge is 0.484 e. The molecule has 3 rings (SSSR count). The molecule has 1 aliphatic rings. The molecule has 0 radical (unpaired) electrons. The number of furan rings is 1. The highest BCUT2D eigenvalue weighted by Crippen LogP contribution is 2.24. The van der Waals surface area contributed by atoms with E-state index in [2.05, 4.69) is 15.5 Å². The number of benzene rings is 1. The van der Waals surface area contributed by atoms with Crippen molar-refractivity contribution in [1.29, 1.82) is 0 Å². The van der Waals surface area contributed by atoms with E-state index in [1.165, 1.54) is 6.42 Å². The molecule has 7 nitrogen and oxygen atoms in total. The summed E-state index contributed by atoms with van der Waals surface area (Å²) >= 11 is 0. The van der Waals surface area contributed by atoms with Crippen molar-refractivity contribution in [3.8, 4) is 5.75 Å². The molecule has 1 aliphatic heterocycles. The van der Waals surface area contributed by atoms with Gasteiger partial charge in [0.2, 0.25) is 5.91 Å². The Morgan fingerprint density at radius 2 is 1.79 bits per heavy atom. The lowest BCUT2D eigenvalue weighted by Crippen LogP contribution is -2.44. The fraction of sp³-hybridized carbons (Fsp3) is 0.429. The summed E-state index contributed by atoms with van der Waals surface area (Å²) in [5.41, 5.74) is 0. The molecule has 1 saturated heterocycles. The van der Waals surface area contributed by atoms with Gasteiger partial charge in [0.25, 0.3) is 5.91 Å². The van der Waals surface area contributed by atoms with Crippen molar-refractivity contribution in [2.24, 2.45) is 0 Å². The fourth-order valence-electron chi connectivity index (χ4n) is 3.29. The summed E-state index contributed by atoms with van der Waals surface area (Å²) < 4.78 is 10.9. The second-order valence-electron chi connectivity index (χ2n) is 6.81. The zero-order chi connectivity index (χ0) is 19.6. The normalized spacial score (nSPS) is 15.6. The van der Waals surface area contributed by atoms with Crippen LogP contribution in [0, 0.1) is 0 Å². The highest BCUT2D eigenvalue weighted by atomic mass is 16.5. The van der Waals surface area contributed by atoms with Crippen LogP contribution in [0.1, 0.15) is 31.1 Å². The molecule has 2 N–H and O–H groups in total. The number of likely N-dealkylation sites (tertiary alicyclic amines) is 1. The van der Waals surface area contributed by atoms with E-state index in [1.807, 2.05) is 30.3 Å². The Balaban J connectivity index is 1.41. The number of carbonyl (C=O) groups excluding carboxylic acids is 2. The first-order chi connectivity index (χ1) is 13.7. The Kier molecular flexibility index (Phi) is 7.49. The summed E-state index contributed by atoms with van der Waals surface area (Å²) in [6.45, 7) is 2.23. The van der Waals surface area contributed by atoms with E-state index < -0.39 is 0 Å². The van der Waals surface area contributed by atoms with Gasteiger partial charge in [-0.2, -0.15) is 0 Å². The number of carbonyl (C=O) groups is 2. The van der Waals surface area contributed by atoms with Gasteiger partial charge >= 0.3 is 0 Å².